The Kier molecular flexibility index (Phi) is 4.17. The zero-order valence-corrected chi connectivity index (χ0v) is 16.0. The van der Waals surface area contributed by atoms with E-state index in [1.54, 1.807) is 41.3 Å². The minimum atomic E-state index is -0.409. The van der Waals surface area contributed by atoms with Crippen LogP contribution in [0.3, 0.4) is 0 Å². The highest BCUT2D eigenvalue weighted by atomic mass is 32.1. The maximum atomic E-state index is 12.5. The summed E-state index contributed by atoms with van der Waals surface area (Å²) in [4.78, 5) is 17.1. The highest BCUT2D eigenvalue weighted by Crippen LogP contribution is 2.34. The van der Waals surface area contributed by atoms with E-state index in [-0.39, 0.29) is 6.79 Å². The highest BCUT2D eigenvalue weighted by molar-refractivity contribution is 7.12. The number of aryl methyl sites for hydroxylation is 1. The first-order valence-electron chi connectivity index (χ1n) is 8.70. The predicted molar refractivity (Wildman–Crippen MR) is 107 cm³/mol. The van der Waals surface area contributed by atoms with Crippen molar-refractivity contribution in [3.05, 3.63) is 53.7 Å². The average Bonchev–Trinajstić information content (AvgIpc) is 3.48. The monoisotopic (exact) mass is 409 g/mol. The number of ether oxygens (including phenoxy) is 2. The molecule has 0 spiro atoms. The van der Waals surface area contributed by atoms with Crippen LogP contribution in [0.5, 0.6) is 11.5 Å². The third-order valence-electron chi connectivity index (χ3n) is 4.15. The number of anilines is 2. The molecular weight excluding hydrogens is 394 g/mol. The number of benzene rings is 1. The van der Waals surface area contributed by atoms with Gasteiger partial charge >= 0.3 is 6.03 Å². The van der Waals surface area contributed by atoms with Crippen LogP contribution in [0.15, 0.2) is 52.5 Å². The molecule has 0 saturated carbocycles. The Balaban J connectivity index is 1.35. The molecule has 0 bridgehead atoms. The Morgan fingerprint density at radius 1 is 1.17 bits per heavy atom. The lowest BCUT2D eigenvalue weighted by molar-refractivity contribution is 0.174. The minimum absolute atomic E-state index is 0.178. The third kappa shape index (κ3) is 3.41. The van der Waals surface area contributed by atoms with Gasteiger partial charge in [-0.3, -0.25) is 5.32 Å². The van der Waals surface area contributed by atoms with E-state index < -0.39 is 6.03 Å². The zero-order chi connectivity index (χ0) is 19.8. The van der Waals surface area contributed by atoms with Crippen molar-refractivity contribution < 1.29 is 18.7 Å². The van der Waals surface area contributed by atoms with Crippen LogP contribution in [0.4, 0.5) is 16.3 Å². The van der Waals surface area contributed by atoms with E-state index in [1.807, 2.05) is 18.4 Å². The smallest absolute Gasteiger partial charge is 0.324 e. The van der Waals surface area contributed by atoms with Crippen LogP contribution in [0.2, 0.25) is 0 Å². The number of thiazole rings is 1. The molecule has 4 aromatic rings. The number of hydrogen-bond donors (Lipinski definition) is 2. The molecule has 1 aliphatic heterocycles. The van der Waals surface area contributed by atoms with Crippen molar-refractivity contribution in [2.75, 3.05) is 17.4 Å². The number of carbonyl (C=O) groups excluding carboxylic acids is 1. The second-order valence-electron chi connectivity index (χ2n) is 6.22. The molecule has 1 aliphatic rings. The highest BCUT2D eigenvalue weighted by Gasteiger charge is 2.17. The molecule has 0 radical (unpaired) electrons. The number of furan rings is 1. The first-order valence-corrected chi connectivity index (χ1v) is 9.58. The third-order valence-corrected chi connectivity index (χ3v) is 4.97. The van der Waals surface area contributed by atoms with Gasteiger partial charge < -0.3 is 19.2 Å². The summed E-state index contributed by atoms with van der Waals surface area (Å²) in [5, 5.41) is 12.5. The number of aromatic nitrogens is 3. The Labute approximate surface area is 168 Å². The van der Waals surface area contributed by atoms with E-state index in [0.717, 1.165) is 5.69 Å². The number of rotatable bonds is 4. The first kappa shape index (κ1) is 17.3. The lowest BCUT2D eigenvalue weighted by atomic mass is 10.3. The molecule has 10 heteroatoms. The van der Waals surface area contributed by atoms with Crippen molar-refractivity contribution in [3.8, 4) is 28.1 Å². The average molecular weight is 409 g/mol. The molecule has 0 atom stereocenters. The second-order valence-corrected chi connectivity index (χ2v) is 7.06. The van der Waals surface area contributed by atoms with Crippen LogP contribution in [0.1, 0.15) is 5.69 Å². The van der Waals surface area contributed by atoms with Crippen LogP contribution >= 0.6 is 11.3 Å². The van der Waals surface area contributed by atoms with Gasteiger partial charge in [0.05, 0.1) is 12.0 Å². The number of nitrogens with one attached hydrogen (secondary N) is 2. The number of urea groups is 1. The van der Waals surface area contributed by atoms with E-state index in [0.29, 0.717) is 39.6 Å². The molecule has 1 aromatic carbocycles. The molecule has 0 fully saturated rings. The summed E-state index contributed by atoms with van der Waals surface area (Å²) in [6, 6.07) is 10.2. The fourth-order valence-corrected chi connectivity index (χ4v) is 3.66. The summed E-state index contributed by atoms with van der Waals surface area (Å²) in [6.07, 6.45) is 1.60. The van der Waals surface area contributed by atoms with E-state index >= 15 is 0 Å². The van der Waals surface area contributed by atoms with Gasteiger partial charge in [-0.2, -0.15) is 9.78 Å². The molecule has 4 heterocycles. The van der Waals surface area contributed by atoms with Gasteiger partial charge in [0.1, 0.15) is 11.5 Å². The summed E-state index contributed by atoms with van der Waals surface area (Å²) >= 11 is 1.40. The molecule has 9 nitrogen and oxygen atoms in total. The van der Waals surface area contributed by atoms with Crippen molar-refractivity contribution >= 4 is 28.9 Å². The van der Waals surface area contributed by atoms with Gasteiger partial charge in [-0.05, 0) is 31.2 Å². The fourth-order valence-electron chi connectivity index (χ4n) is 2.89. The molecule has 5 rings (SSSR count). The normalized spacial score (nSPS) is 12.2. The Morgan fingerprint density at radius 2 is 2.07 bits per heavy atom. The van der Waals surface area contributed by atoms with Gasteiger partial charge in [0.15, 0.2) is 17.3 Å². The van der Waals surface area contributed by atoms with Gasteiger partial charge in [-0.25, -0.2) is 9.78 Å². The van der Waals surface area contributed by atoms with Crippen LogP contribution in [-0.2, 0) is 0 Å². The minimum Gasteiger partial charge on any atom is -0.463 e. The van der Waals surface area contributed by atoms with Crippen molar-refractivity contribution in [2.45, 2.75) is 6.92 Å². The van der Waals surface area contributed by atoms with Crippen LogP contribution in [-0.4, -0.2) is 27.6 Å². The topological polar surface area (TPSA) is 103 Å². The molecular formula is C19H15N5O4S. The van der Waals surface area contributed by atoms with Crippen molar-refractivity contribution in [1.29, 1.82) is 0 Å². The van der Waals surface area contributed by atoms with E-state index in [1.165, 1.54) is 11.3 Å². The number of amides is 2. The van der Waals surface area contributed by atoms with Gasteiger partial charge in [-0.1, -0.05) is 0 Å². The van der Waals surface area contributed by atoms with E-state index in [4.69, 9.17) is 13.9 Å². The Hall–Kier alpha value is -3.79. The number of fused-ring (bicyclic) bond motifs is 1. The Bertz CT molecular complexity index is 1180. The number of carbonyl (C=O) groups is 1. The van der Waals surface area contributed by atoms with Gasteiger partial charge in [0.25, 0.3) is 0 Å². The Morgan fingerprint density at radius 3 is 2.93 bits per heavy atom. The van der Waals surface area contributed by atoms with Crippen LogP contribution in [0, 0.1) is 6.92 Å². The van der Waals surface area contributed by atoms with Crippen molar-refractivity contribution in [3.63, 3.8) is 0 Å². The first-order chi connectivity index (χ1) is 14.2. The molecule has 146 valence electrons. The molecule has 0 aliphatic carbocycles. The number of hydrogen-bond acceptors (Lipinski definition) is 7. The fraction of sp³-hybridized carbons (Fsp3) is 0.105. The largest absolute Gasteiger partial charge is 0.463 e. The lowest BCUT2D eigenvalue weighted by Gasteiger charge is -2.09. The molecule has 2 N–H and O–H groups in total. The number of nitrogens with zero attached hydrogens (tertiary/aromatic N) is 3. The second kappa shape index (κ2) is 6.99. The summed E-state index contributed by atoms with van der Waals surface area (Å²) < 4.78 is 17.6. The van der Waals surface area contributed by atoms with Gasteiger partial charge in [0, 0.05) is 23.2 Å². The quantitative estimate of drug-likeness (QED) is 0.522. The molecule has 3 aromatic heterocycles. The maximum Gasteiger partial charge on any atom is 0.324 e. The summed E-state index contributed by atoms with van der Waals surface area (Å²) in [5.41, 5.74) is 2.04. The van der Waals surface area contributed by atoms with Crippen molar-refractivity contribution in [1.82, 2.24) is 14.8 Å². The zero-order valence-electron chi connectivity index (χ0n) is 15.2. The molecule has 29 heavy (non-hydrogen) atoms. The lowest BCUT2D eigenvalue weighted by Crippen LogP contribution is -2.21. The predicted octanol–water partition coefficient (Wildman–Crippen LogP) is 4.27. The van der Waals surface area contributed by atoms with Gasteiger partial charge in [-0.15, -0.1) is 11.3 Å². The molecule has 0 saturated heterocycles. The summed E-state index contributed by atoms with van der Waals surface area (Å²) in [6.45, 7) is 2.02. The standard InChI is InChI=1S/C19H15N5O4S/c1-11-7-17(22-18(25)20-12-4-5-15-16(8-12)28-10-27-15)24(23-11)19-21-13(9-29-19)14-3-2-6-26-14/h2-9H,10H2,1H3,(H2,20,22,25). The maximum absolute atomic E-state index is 12.5. The molecule has 2 amide bonds. The molecule has 0 unspecified atom stereocenters. The van der Waals surface area contributed by atoms with E-state index in [2.05, 4.69) is 20.7 Å². The van der Waals surface area contributed by atoms with E-state index in [9.17, 15) is 4.79 Å². The van der Waals surface area contributed by atoms with Gasteiger partial charge in [0.2, 0.25) is 11.9 Å². The van der Waals surface area contributed by atoms with Crippen LogP contribution < -0.4 is 20.1 Å². The van der Waals surface area contributed by atoms with Crippen molar-refractivity contribution in [2.24, 2.45) is 0 Å². The SMILES string of the molecule is Cc1cc(NC(=O)Nc2ccc3c(c2)OCO3)n(-c2nc(-c3ccco3)cs2)n1. The van der Waals surface area contributed by atoms with Crippen LogP contribution in [0.25, 0.3) is 16.6 Å². The summed E-state index contributed by atoms with van der Waals surface area (Å²) in [5.74, 6) is 2.42. The summed E-state index contributed by atoms with van der Waals surface area (Å²) in [7, 11) is 0.